The van der Waals surface area contributed by atoms with Crippen molar-refractivity contribution in [1.29, 1.82) is 0 Å². The monoisotopic (exact) mass is 426 g/mol. The van der Waals surface area contributed by atoms with Gasteiger partial charge in [-0.15, -0.1) is 0 Å². The molecule has 0 aliphatic rings. The van der Waals surface area contributed by atoms with E-state index < -0.39 is 9.84 Å². The van der Waals surface area contributed by atoms with Crippen LogP contribution in [-0.4, -0.2) is 36.9 Å². The van der Waals surface area contributed by atoms with Gasteiger partial charge in [0.1, 0.15) is 6.54 Å². The van der Waals surface area contributed by atoms with Crippen molar-refractivity contribution in [1.82, 2.24) is 9.47 Å². The van der Waals surface area contributed by atoms with Gasteiger partial charge in [-0.3, -0.25) is 4.79 Å². The minimum Gasteiger partial charge on any atom is -0.341 e. The van der Waals surface area contributed by atoms with E-state index in [2.05, 4.69) is 27.7 Å². The Bertz CT molecular complexity index is 1110. The van der Waals surface area contributed by atoms with Crippen molar-refractivity contribution in [2.75, 3.05) is 13.1 Å². The number of rotatable bonds is 8. The average Bonchev–Trinajstić information content (AvgIpc) is 3.07. The molecule has 2 aromatic carbocycles. The van der Waals surface area contributed by atoms with Gasteiger partial charge in [0.05, 0.1) is 9.79 Å². The summed E-state index contributed by atoms with van der Waals surface area (Å²) in [5, 5.41) is 0.633. The second-order valence-corrected chi connectivity index (χ2v) is 10.5. The Labute approximate surface area is 179 Å². The zero-order valence-electron chi connectivity index (χ0n) is 18.1. The van der Waals surface area contributed by atoms with Crippen LogP contribution in [0, 0.1) is 11.8 Å². The van der Waals surface area contributed by atoms with Crippen LogP contribution in [0.3, 0.4) is 0 Å². The first kappa shape index (κ1) is 22.1. The lowest BCUT2D eigenvalue weighted by Crippen LogP contribution is -2.38. The molecule has 1 amide bonds. The number of para-hydroxylation sites is 1. The third-order valence-electron chi connectivity index (χ3n) is 4.92. The molecule has 30 heavy (non-hydrogen) atoms. The van der Waals surface area contributed by atoms with Crippen molar-refractivity contribution < 1.29 is 13.2 Å². The molecule has 3 rings (SSSR count). The van der Waals surface area contributed by atoms with E-state index in [0.29, 0.717) is 30.3 Å². The molecule has 160 valence electrons. The molecule has 0 fully saturated rings. The summed E-state index contributed by atoms with van der Waals surface area (Å²) in [5.41, 5.74) is 0.745. The number of amides is 1. The molecule has 0 radical (unpaired) electrons. The molecule has 1 heterocycles. The lowest BCUT2D eigenvalue weighted by molar-refractivity contribution is -0.132. The predicted octanol–water partition coefficient (Wildman–Crippen LogP) is 4.61. The number of carbonyl (C=O) groups excluding carboxylic acids is 1. The molecule has 3 aromatic rings. The predicted molar refractivity (Wildman–Crippen MR) is 120 cm³/mol. The van der Waals surface area contributed by atoms with Crippen molar-refractivity contribution in [2.45, 2.75) is 44.0 Å². The van der Waals surface area contributed by atoms with E-state index in [1.165, 1.54) is 0 Å². The molecule has 0 saturated carbocycles. The maximum atomic E-state index is 13.3. The molecule has 1 aromatic heterocycles. The van der Waals surface area contributed by atoms with Gasteiger partial charge in [0.15, 0.2) is 0 Å². The zero-order valence-corrected chi connectivity index (χ0v) is 18.9. The Hall–Kier alpha value is -2.60. The fourth-order valence-corrected chi connectivity index (χ4v) is 5.19. The summed E-state index contributed by atoms with van der Waals surface area (Å²) in [4.78, 5) is 15.5. The van der Waals surface area contributed by atoms with Crippen molar-refractivity contribution in [3.05, 3.63) is 60.8 Å². The number of benzene rings is 2. The molecule has 0 saturated heterocycles. The summed E-state index contributed by atoms with van der Waals surface area (Å²) in [6, 6.07) is 15.8. The van der Waals surface area contributed by atoms with Gasteiger partial charge in [0.25, 0.3) is 0 Å². The van der Waals surface area contributed by atoms with Gasteiger partial charge in [0, 0.05) is 30.2 Å². The van der Waals surface area contributed by atoms with Crippen molar-refractivity contribution >= 4 is 26.6 Å². The van der Waals surface area contributed by atoms with E-state index in [9.17, 15) is 13.2 Å². The Balaban J connectivity index is 2.01. The first-order chi connectivity index (χ1) is 14.2. The highest BCUT2D eigenvalue weighted by atomic mass is 32.2. The normalized spacial score (nSPS) is 12.1. The summed E-state index contributed by atoms with van der Waals surface area (Å²) in [6.07, 6.45) is 1.60. The summed E-state index contributed by atoms with van der Waals surface area (Å²) >= 11 is 0. The number of sulfone groups is 1. The zero-order chi connectivity index (χ0) is 21.9. The second kappa shape index (κ2) is 9.04. The molecule has 0 bridgehead atoms. The molecule has 0 N–H and O–H groups in total. The van der Waals surface area contributed by atoms with Crippen LogP contribution in [0.15, 0.2) is 70.6 Å². The van der Waals surface area contributed by atoms with Crippen molar-refractivity contribution in [3.8, 4) is 0 Å². The molecule has 0 unspecified atom stereocenters. The van der Waals surface area contributed by atoms with E-state index >= 15 is 0 Å². The molecular weight excluding hydrogens is 396 g/mol. The number of hydrogen-bond donors (Lipinski definition) is 0. The van der Waals surface area contributed by atoms with Gasteiger partial charge >= 0.3 is 0 Å². The maximum Gasteiger partial charge on any atom is 0.242 e. The van der Waals surface area contributed by atoms with Crippen LogP contribution in [0.2, 0.25) is 0 Å². The third kappa shape index (κ3) is 4.75. The van der Waals surface area contributed by atoms with Crippen LogP contribution >= 0.6 is 0 Å². The first-order valence-electron chi connectivity index (χ1n) is 10.4. The largest absolute Gasteiger partial charge is 0.341 e. The summed E-state index contributed by atoms with van der Waals surface area (Å²) < 4.78 is 28.3. The maximum absolute atomic E-state index is 13.3. The lowest BCUT2D eigenvalue weighted by Gasteiger charge is -2.26. The SMILES string of the molecule is CC(C)CN(CC(C)C)C(=O)Cn1cc(S(=O)(=O)c2ccccc2)c2ccccc21. The van der Waals surface area contributed by atoms with Crippen LogP contribution < -0.4 is 0 Å². The molecule has 0 atom stereocenters. The highest BCUT2D eigenvalue weighted by Crippen LogP contribution is 2.30. The Morgan fingerprint density at radius 2 is 1.47 bits per heavy atom. The highest BCUT2D eigenvalue weighted by molar-refractivity contribution is 7.91. The van der Waals surface area contributed by atoms with E-state index in [1.807, 2.05) is 23.1 Å². The Morgan fingerprint density at radius 1 is 0.900 bits per heavy atom. The molecular formula is C24H30N2O3S. The van der Waals surface area contributed by atoms with Gasteiger partial charge in [-0.05, 0) is 30.0 Å². The second-order valence-electron chi connectivity index (χ2n) is 8.54. The van der Waals surface area contributed by atoms with Gasteiger partial charge < -0.3 is 9.47 Å². The highest BCUT2D eigenvalue weighted by Gasteiger charge is 2.24. The Kier molecular flexibility index (Phi) is 6.66. The molecule has 5 nitrogen and oxygen atoms in total. The van der Waals surface area contributed by atoms with Gasteiger partial charge in [-0.25, -0.2) is 8.42 Å². The topological polar surface area (TPSA) is 59.4 Å². The molecule has 6 heteroatoms. The van der Waals surface area contributed by atoms with Crippen molar-refractivity contribution in [2.24, 2.45) is 11.8 Å². The number of aromatic nitrogens is 1. The molecule has 0 spiro atoms. The molecule has 0 aliphatic heterocycles. The van der Waals surface area contributed by atoms with E-state index in [0.717, 1.165) is 5.52 Å². The van der Waals surface area contributed by atoms with E-state index in [4.69, 9.17) is 0 Å². The Morgan fingerprint density at radius 3 is 2.07 bits per heavy atom. The number of nitrogens with zero attached hydrogens (tertiary/aromatic N) is 2. The average molecular weight is 427 g/mol. The first-order valence-corrected chi connectivity index (χ1v) is 11.8. The van der Waals surface area contributed by atoms with Gasteiger partial charge in [-0.1, -0.05) is 64.1 Å². The fourth-order valence-electron chi connectivity index (χ4n) is 3.69. The van der Waals surface area contributed by atoms with E-state index in [1.54, 1.807) is 47.2 Å². The van der Waals surface area contributed by atoms with Crippen LogP contribution in [0.25, 0.3) is 10.9 Å². The van der Waals surface area contributed by atoms with Crippen LogP contribution in [0.1, 0.15) is 27.7 Å². The van der Waals surface area contributed by atoms with Crippen molar-refractivity contribution in [3.63, 3.8) is 0 Å². The summed E-state index contributed by atoms with van der Waals surface area (Å²) in [7, 11) is -3.68. The minimum atomic E-state index is -3.68. The standard InChI is InChI=1S/C24H30N2O3S/c1-18(2)14-26(15-19(3)4)24(27)17-25-16-23(21-12-8-9-13-22(21)25)30(28,29)20-10-6-5-7-11-20/h5-13,16,18-19H,14-15,17H2,1-4H3. The minimum absolute atomic E-state index is 0.00168. The van der Waals surface area contributed by atoms with Gasteiger partial charge in [-0.2, -0.15) is 0 Å². The number of hydrogen-bond acceptors (Lipinski definition) is 3. The third-order valence-corrected chi connectivity index (χ3v) is 6.72. The van der Waals surface area contributed by atoms with E-state index in [-0.39, 0.29) is 22.2 Å². The smallest absolute Gasteiger partial charge is 0.242 e. The van der Waals surface area contributed by atoms with Crippen LogP contribution in [0.5, 0.6) is 0 Å². The van der Waals surface area contributed by atoms with Crippen LogP contribution in [0.4, 0.5) is 0 Å². The van der Waals surface area contributed by atoms with Crippen LogP contribution in [-0.2, 0) is 21.2 Å². The molecule has 0 aliphatic carbocycles. The fraction of sp³-hybridized carbons (Fsp3) is 0.375. The number of carbonyl (C=O) groups is 1. The summed E-state index contributed by atoms with van der Waals surface area (Å²) in [6.45, 7) is 9.86. The quantitative estimate of drug-likeness (QED) is 0.528. The summed E-state index contributed by atoms with van der Waals surface area (Å²) in [5.74, 6) is 0.730. The number of fused-ring (bicyclic) bond motifs is 1. The lowest BCUT2D eigenvalue weighted by atomic mass is 10.1. The van der Waals surface area contributed by atoms with Gasteiger partial charge in [0.2, 0.25) is 15.7 Å².